The van der Waals surface area contributed by atoms with Gasteiger partial charge < -0.3 is 4.74 Å². The third-order valence-electron chi connectivity index (χ3n) is 5.16. The number of allylic oxidation sites excluding steroid dienone is 1. The molecule has 0 radical (unpaired) electrons. The van der Waals surface area contributed by atoms with Crippen LogP contribution in [0, 0.1) is 10.1 Å². The normalized spacial score (nSPS) is 11.2. The van der Waals surface area contributed by atoms with E-state index >= 15 is 0 Å². The largest absolute Gasteiger partial charge is 0.494 e. The number of benzene rings is 3. The van der Waals surface area contributed by atoms with Crippen molar-refractivity contribution < 1.29 is 14.5 Å². The van der Waals surface area contributed by atoms with E-state index in [9.17, 15) is 14.9 Å². The summed E-state index contributed by atoms with van der Waals surface area (Å²) >= 11 is 1.22. The first-order valence-electron chi connectivity index (χ1n) is 11.7. The van der Waals surface area contributed by atoms with Gasteiger partial charge in [-0.3, -0.25) is 19.5 Å². The van der Waals surface area contributed by atoms with Gasteiger partial charge >= 0.3 is 0 Å². The number of nitro benzene ring substituents is 1. The van der Waals surface area contributed by atoms with E-state index in [2.05, 4.69) is 20.7 Å². The molecule has 4 rings (SSSR count). The van der Waals surface area contributed by atoms with E-state index in [4.69, 9.17) is 4.74 Å². The van der Waals surface area contributed by atoms with Gasteiger partial charge in [0.2, 0.25) is 0 Å². The maximum Gasteiger partial charge on any atom is 0.276 e. The molecule has 0 saturated carbocycles. The van der Waals surface area contributed by atoms with Crippen molar-refractivity contribution in [2.45, 2.75) is 12.1 Å². The lowest BCUT2D eigenvalue weighted by molar-refractivity contribution is -0.385. The quantitative estimate of drug-likeness (QED) is 0.124. The summed E-state index contributed by atoms with van der Waals surface area (Å²) in [6, 6.07) is 23.6. The molecule has 11 heteroatoms. The van der Waals surface area contributed by atoms with E-state index in [1.165, 1.54) is 30.1 Å². The Morgan fingerprint density at radius 2 is 1.82 bits per heavy atom. The third kappa shape index (κ3) is 6.71. The van der Waals surface area contributed by atoms with Crippen LogP contribution in [0.1, 0.15) is 12.5 Å². The number of hydrogen-bond donors (Lipinski definition) is 1. The summed E-state index contributed by atoms with van der Waals surface area (Å²) in [6.45, 7) is 2.50. The molecule has 0 saturated heterocycles. The minimum atomic E-state index is -0.453. The molecule has 1 heterocycles. The Morgan fingerprint density at radius 1 is 1.08 bits per heavy atom. The van der Waals surface area contributed by atoms with Gasteiger partial charge in [-0.2, -0.15) is 5.10 Å². The summed E-state index contributed by atoms with van der Waals surface area (Å²) in [5.41, 5.74) is 4.60. The highest BCUT2D eigenvalue weighted by Gasteiger charge is 2.17. The number of rotatable bonds is 11. The SMILES string of the molecule is CCOc1ccc(-n2c(SCC(=O)NN=CC=Cc3ccccc3[N+](=O)[O-])nnc2-c2ccccc2)cc1. The summed E-state index contributed by atoms with van der Waals surface area (Å²) in [6.07, 6.45) is 4.42. The molecule has 0 aliphatic rings. The van der Waals surface area contributed by atoms with Crippen molar-refractivity contribution in [3.05, 3.63) is 101 Å². The molecule has 10 nitrogen and oxygen atoms in total. The lowest BCUT2D eigenvalue weighted by Gasteiger charge is -2.11. The number of para-hydroxylation sites is 1. The molecule has 38 heavy (non-hydrogen) atoms. The summed E-state index contributed by atoms with van der Waals surface area (Å²) < 4.78 is 7.44. The van der Waals surface area contributed by atoms with Gasteiger partial charge in [0.05, 0.1) is 22.8 Å². The number of thioether (sulfide) groups is 1. The molecular weight excluding hydrogens is 504 g/mol. The Kier molecular flexibility index (Phi) is 8.98. The number of hydrogen-bond acceptors (Lipinski definition) is 8. The second-order valence-corrected chi connectivity index (χ2v) is 8.65. The maximum absolute atomic E-state index is 12.4. The molecule has 0 spiro atoms. The van der Waals surface area contributed by atoms with Crippen molar-refractivity contribution in [1.82, 2.24) is 20.2 Å². The first-order valence-corrected chi connectivity index (χ1v) is 12.6. The molecule has 0 aliphatic heterocycles. The summed E-state index contributed by atoms with van der Waals surface area (Å²) in [5.74, 6) is 1.12. The number of amides is 1. The number of nitro groups is 1. The van der Waals surface area contributed by atoms with Crippen LogP contribution in [0.25, 0.3) is 23.2 Å². The fraction of sp³-hybridized carbons (Fsp3) is 0.111. The predicted molar refractivity (Wildman–Crippen MR) is 147 cm³/mol. The lowest BCUT2D eigenvalue weighted by Crippen LogP contribution is -2.19. The standard InChI is InChI=1S/C27H24N6O4S/c1-2-37-23-16-14-22(15-17-23)32-26(21-10-4-3-5-11-21)30-31-27(32)38-19-25(34)29-28-18-8-12-20-9-6-7-13-24(20)33(35)36/h3-18H,2,19H2,1H3,(H,29,34). The molecule has 0 fully saturated rings. The summed E-state index contributed by atoms with van der Waals surface area (Å²) in [7, 11) is 0. The van der Waals surface area contributed by atoms with Crippen molar-refractivity contribution in [3.63, 3.8) is 0 Å². The van der Waals surface area contributed by atoms with Crippen LogP contribution in [0.2, 0.25) is 0 Å². The van der Waals surface area contributed by atoms with Crippen LogP contribution in [-0.4, -0.2) is 44.2 Å². The molecule has 0 bridgehead atoms. The molecule has 4 aromatic rings. The highest BCUT2D eigenvalue weighted by molar-refractivity contribution is 7.99. The van der Waals surface area contributed by atoms with E-state index in [1.807, 2.05) is 66.1 Å². The van der Waals surface area contributed by atoms with E-state index in [0.717, 1.165) is 17.0 Å². The Morgan fingerprint density at radius 3 is 2.55 bits per heavy atom. The number of carbonyl (C=O) groups excluding carboxylic acids is 1. The number of aromatic nitrogens is 3. The van der Waals surface area contributed by atoms with Crippen molar-refractivity contribution in [3.8, 4) is 22.8 Å². The Balaban J connectivity index is 1.43. The minimum Gasteiger partial charge on any atom is -0.494 e. The van der Waals surface area contributed by atoms with Crippen molar-refractivity contribution in [2.24, 2.45) is 5.10 Å². The molecule has 1 amide bonds. The van der Waals surface area contributed by atoms with Crippen LogP contribution in [0.15, 0.2) is 95.2 Å². The van der Waals surface area contributed by atoms with Crippen LogP contribution in [0.4, 0.5) is 5.69 Å². The average Bonchev–Trinajstić information content (AvgIpc) is 3.37. The average molecular weight is 529 g/mol. The highest BCUT2D eigenvalue weighted by Crippen LogP contribution is 2.29. The van der Waals surface area contributed by atoms with E-state index in [-0.39, 0.29) is 17.3 Å². The Bertz CT molecular complexity index is 1450. The maximum atomic E-state index is 12.4. The first-order chi connectivity index (χ1) is 18.6. The topological polar surface area (TPSA) is 125 Å². The second-order valence-electron chi connectivity index (χ2n) is 7.71. The fourth-order valence-corrected chi connectivity index (χ4v) is 4.23. The number of carbonyl (C=O) groups is 1. The minimum absolute atomic E-state index is 0.0101. The Labute approximate surface area is 223 Å². The fourth-order valence-electron chi connectivity index (χ4n) is 3.48. The van der Waals surface area contributed by atoms with Crippen molar-refractivity contribution in [1.29, 1.82) is 0 Å². The van der Waals surface area contributed by atoms with Gasteiger partial charge in [-0.25, -0.2) is 5.43 Å². The van der Waals surface area contributed by atoms with Crippen LogP contribution in [0.5, 0.6) is 5.75 Å². The predicted octanol–water partition coefficient (Wildman–Crippen LogP) is 5.15. The Hall–Kier alpha value is -4.77. The number of nitrogens with one attached hydrogen (secondary N) is 1. The van der Waals surface area contributed by atoms with Crippen LogP contribution < -0.4 is 10.2 Å². The van der Waals surface area contributed by atoms with E-state index in [1.54, 1.807) is 24.3 Å². The van der Waals surface area contributed by atoms with Crippen LogP contribution in [-0.2, 0) is 4.79 Å². The second kappa shape index (κ2) is 13.0. The number of ether oxygens (including phenoxy) is 1. The number of nitrogens with zero attached hydrogens (tertiary/aromatic N) is 5. The smallest absolute Gasteiger partial charge is 0.276 e. The zero-order valence-electron chi connectivity index (χ0n) is 20.4. The highest BCUT2D eigenvalue weighted by atomic mass is 32.2. The number of hydrazone groups is 1. The van der Waals surface area contributed by atoms with Crippen molar-refractivity contribution in [2.75, 3.05) is 12.4 Å². The van der Waals surface area contributed by atoms with E-state index in [0.29, 0.717) is 23.2 Å². The molecule has 1 N–H and O–H groups in total. The van der Waals surface area contributed by atoms with Gasteiger partial charge in [-0.1, -0.05) is 54.2 Å². The monoisotopic (exact) mass is 528 g/mol. The van der Waals surface area contributed by atoms with Gasteiger partial charge in [0.1, 0.15) is 5.75 Å². The molecule has 0 aliphatic carbocycles. The van der Waals surface area contributed by atoms with Gasteiger partial charge in [-0.15, -0.1) is 10.2 Å². The molecule has 192 valence electrons. The lowest BCUT2D eigenvalue weighted by atomic mass is 10.2. The third-order valence-corrected chi connectivity index (χ3v) is 6.09. The van der Waals surface area contributed by atoms with Crippen molar-refractivity contribution >= 4 is 35.6 Å². The van der Waals surface area contributed by atoms with Gasteiger partial charge in [0.25, 0.3) is 11.6 Å². The summed E-state index contributed by atoms with van der Waals surface area (Å²) in [4.78, 5) is 23.0. The van der Waals surface area contributed by atoms with Crippen LogP contribution in [0.3, 0.4) is 0 Å². The summed E-state index contributed by atoms with van der Waals surface area (Å²) in [5, 5.41) is 24.2. The zero-order valence-corrected chi connectivity index (χ0v) is 21.2. The van der Waals surface area contributed by atoms with Crippen LogP contribution >= 0.6 is 11.8 Å². The zero-order chi connectivity index (χ0) is 26.7. The first kappa shape index (κ1) is 26.3. The van der Waals surface area contributed by atoms with E-state index < -0.39 is 4.92 Å². The molecule has 1 aromatic heterocycles. The molecule has 3 aromatic carbocycles. The molecule has 0 unspecified atom stereocenters. The van der Waals surface area contributed by atoms with Gasteiger partial charge in [0.15, 0.2) is 11.0 Å². The molecule has 0 atom stereocenters. The van der Waals surface area contributed by atoms with Gasteiger partial charge in [0, 0.05) is 23.5 Å². The van der Waals surface area contributed by atoms with Gasteiger partial charge in [-0.05, 0) is 49.4 Å². The molecular formula is C27H24N6O4S.